The van der Waals surface area contributed by atoms with Gasteiger partial charge < -0.3 is 4.74 Å². The number of hydrogen-bond donors (Lipinski definition) is 0. The predicted molar refractivity (Wildman–Crippen MR) is 54.3 cm³/mol. The number of esters is 1. The molecule has 0 aliphatic rings. The molecule has 1 rings (SSSR count). The lowest BCUT2D eigenvalue weighted by Crippen LogP contribution is -2.14. The Morgan fingerprint density at radius 3 is 2.67 bits per heavy atom. The lowest BCUT2D eigenvalue weighted by molar-refractivity contribution is -0.144. The Balaban J connectivity index is 3.08. The number of nitriles is 1. The van der Waals surface area contributed by atoms with Gasteiger partial charge in [-0.25, -0.2) is 4.98 Å². The Kier molecular flexibility index (Phi) is 4.26. The van der Waals surface area contributed by atoms with Gasteiger partial charge in [0.25, 0.3) is 0 Å². The zero-order chi connectivity index (χ0) is 13.8. The van der Waals surface area contributed by atoms with Crippen LogP contribution in [0.3, 0.4) is 0 Å². The van der Waals surface area contributed by atoms with Crippen molar-refractivity contribution in [3.63, 3.8) is 0 Å². The Morgan fingerprint density at radius 2 is 2.17 bits per heavy atom. The summed E-state index contributed by atoms with van der Waals surface area (Å²) in [5.74, 6) is -0.721. The minimum Gasteiger partial charge on any atom is -0.466 e. The molecule has 96 valence electrons. The van der Waals surface area contributed by atoms with E-state index in [2.05, 4.69) is 9.72 Å². The third-order valence-corrected chi connectivity index (χ3v) is 2.00. The molecular weight excluding hydrogens is 249 g/mol. The van der Waals surface area contributed by atoms with E-state index in [4.69, 9.17) is 5.26 Å². The predicted octanol–water partition coefficient (Wildman–Crippen LogP) is 2.08. The van der Waals surface area contributed by atoms with E-state index in [1.54, 1.807) is 13.0 Å². The molecule has 0 unspecified atom stereocenters. The van der Waals surface area contributed by atoms with E-state index < -0.39 is 24.3 Å². The van der Waals surface area contributed by atoms with Crippen LogP contribution in [0, 0.1) is 11.3 Å². The van der Waals surface area contributed by atoms with Crippen molar-refractivity contribution in [3.8, 4) is 6.07 Å². The number of rotatable bonds is 3. The topological polar surface area (TPSA) is 63.0 Å². The van der Waals surface area contributed by atoms with E-state index in [1.807, 2.05) is 0 Å². The number of halogens is 3. The summed E-state index contributed by atoms with van der Waals surface area (Å²) in [7, 11) is 0. The summed E-state index contributed by atoms with van der Waals surface area (Å²) < 4.78 is 41.9. The number of nitrogens with zero attached hydrogens (tertiary/aromatic N) is 2. The van der Waals surface area contributed by atoms with Crippen LogP contribution in [0.4, 0.5) is 13.2 Å². The molecule has 0 spiro atoms. The van der Waals surface area contributed by atoms with Crippen molar-refractivity contribution in [2.75, 3.05) is 6.61 Å². The maximum atomic E-state index is 12.4. The van der Waals surface area contributed by atoms with Crippen LogP contribution >= 0.6 is 0 Å². The van der Waals surface area contributed by atoms with Gasteiger partial charge in [0, 0.05) is 0 Å². The number of carbonyl (C=O) groups excluding carboxylic acids is 1. The molecule has 0 atom stereocenters. The van der Waals surface area contributed by atoms with Crippen LogP contribution in [0.25, 0.3) is 0 Å². The molecule has 0 bridgehead atoms. The number of aromatic nitrogens is 1. The largest absolute Gasteiger partial charge is 0.466 e. The minimum atomic E-state index is -4.61. The molecule has 0 radical (unpaired) electrons. The first-order chi connectivity index (χ1) is 8.38. The van der Waals surface area contributed by atoms with Crippen LogP contribution < -0.4 is 0 Å². The number of pyridine rings is 1. The first-order valence-corrected chi connectivity index (χ1v) is 5.01. The summed E-state index contributed by atoms with van der Waals surface area (Å²) in [5, 5.41) is 8.73. The second-order valence-electron chi connectivity index (χ2n) is 3.28. The van der Waals surface area contributed by atoms with Crippen LogP contribution in [-0.2, 0) is 22.1 Å². The number of hydrogen-bond acceptors (Lipinski definition) is 4. The smallest absolute Gasteiger partial charge is 0.433 e. The van der Waals surface area contributed by atoms with Crippen molar-refractivity contribution in [3.05, 3.63) is 29.1 Å². The number of ether oxygens (including phenoxy) is 1. The summed E-state index contributed by atoms with van der Waals surface area (Å²) in [6.07, 6.45) is -5.07. The van der Waals surface area contributed by atoms with E-state index >= 15 is 0 Å². The average Bonchev–Trinajstić information content (AvgIpc) is 2.28. The summed E-state index contributed by atoms with van der Waals surface area (Å²) in [6, 6.07) is 3.38. The van der Waals surface area contributed by atoms with Crippen molar-refractivity contribution >= 4 is 5.97 Å². The Morgan fingerprint density at radius 1 is 1.50 bits per heavy atom. The summed E-state index contributed by atoms with van der Waals surface area (Å²) >= 11 is 0. The first-order valence-electron chi connectivity index (χ1n) is 5.01. The van der Waals surface area contributed by atoms with Crippen molar-refractivity contribution in [2.45, 2.75) is 19.5 Å². The fourth-order valence-electron chi connectivity index (χ4n) is 1.24. The lowest BCUT2D eigenvalue weighted by atomic mass is 10.1. The molecule has 0 amide bonds. The monoisotopic (exact) mass is 258 g/mol. The normalized spacial score (nSPS) is 10.8. The maximum absolute atomic E-state index is 12.4. The molecule has 7 heteroatoms. The van der Waals surface area contributed by atoms with Gasteiger partial charge >= 0.3 is 12.1 Å². The van der Waals surface area contributed by atoms with Crippen LogP contribution in [0.5, 0.6) is 0 Å². The zero-order valence-electron chi connectivity index (χ0n) is 9.41. The molecule has 0 aromatic carbocycles. The van der Waals surface area contributed by atoms with Gasteiger partial charge in [0.2, 0.25) is 0 Å². The Bertz CT molecular complexity index is 492. The van der Waals surface area contributed by atoms with Crippen molar-refractivity contribution < 1.29 is 22.7 Å². The second kappa shape index (κ2) is 5.49. The van der Waals surface area contributed by atoms with Gasteiger partial charge in [-0.15, -0.1) is 0 Å². The van der Waals surface area contributed by atoms with Crippen LogP contribution in [0.15, 0.2) is 12.1 Å². The van der Waals surface area contributed by atoms with Gasteiger partial charge in [-0.1, -0.05) is 0 Å². The molecule has 1 aromatic heterocycles. The Hall–Kier alpha value is -2.10. The first kappa shape index (κ1) is 14.0. The average molecular weight is 258 g/mol. The molecule has 0 N–H and O–H groups in total. The van der Waals surface area contributed by atoms with Gasteiger partial charge in [0.15, 0.2) is 0 Å². The molecule has 18 heavy (non-hydrogen) atoms. The summed E-state index contributed by atoms with van der Waals surface area (Å²) in [6.45, 7) is 1.68. The molecule has 1 aromatic rings. The highest BCUT2D eigenvalue weighted by atomic mass is 19.4. The van der Waals surface area contributed by atoms with E-state index in [0.29, 0.717) is 6.07 Å². The van der Waals surface area contributed by atoms with E-state index in [0.717, 1.165) is 6.07 Å². The molecule has 0 saturated carbocycles. The fraction of sp³-hybridized carbons (Fsp3) is 0.364. The zero-order valence-corrected chi connectivity index (χ0v) is 9.41. The van der Waals surface area contributed by atoms with Crippen molar-refractivity contribution in [1.29, 1.82) is 5.26 Å². The molecule has 4 nitrogen and oxygen atoms in total. The van der Waals surface area contributed by atoms with Gasteiger partial charge in [-0.05, 0) is 19.1 Å². The van der Waals surface area contributed by atoms with Crippen LogP contribution in [-0.4, -0.2) is 17.6 Å². The van der Waals surface area contributed by atoms with E-state index in [-0.39, 0.29) is 17.9 Å². The van der Waals surface area contributed by atoms with Crippen molar-refractivity contribution in [1.82, 2.24) is 4.98 Å². The highest BCUT2D eigenvalue weighted by molar-refractivity contribution is 5.72. The summed E-state index contributed by atoms with van der Waals surface area (Å²) in [5.41, 5.74) is -1.44. The minimum absolute atomic E-state index is 0.0731. The van der Waals surface area contributed by atoms with Crippen LogP contribution in [0.1, 0.15) is 23.9 Å². The molecule has 0 aliphatic heterocycles. The SMILES string of the molecule is CCOC(=O)Cc1nc(C(F)(F)F)ccc1C#N. The lowest BCUT2D eigenvalue weighted by Gasteiger charge is -2.08. The van der Waals surface area contributed by atoms with E-state index in [9.17, 15) is 18.0 Å². The van der Waals surface area contributed by atoms with Crippen LogP contribution in [0.2, 0.25) is 0 Å². The molecular formula is C11H9F3N2O2. The molecule has 0 saturated heterocycles. The third-order valence-electron chi connectivity index (χ3n) is 2.00. The number of alkyl halides is 3. The molecule has 1 heterocycles. The number of carbonyl (C=O) groups is 1. The summed E-state index contributed by atoms with van der Waals surface area (Å²) in [4.78, 5) is 14.5. The highest BCUT2D eigenvalue weighted by Gasteiger charge is 2.33. The maximum Gasteiger partial charge on any atom is 0.433 e. The third kappa shape index (κ3) is 3.45. The van der Waals surface area contributed by atoms with Crippen molar-refractivity contribution in [2.24, 2.45) is 0 Å². The molecule has 0 aliphatic carbocycles. The highest BCUT2D eigenvalue weighted by Crippen LogP contribution is 2.28. The standard InChI is InChI=1S/C11H9F3N2O2/c1-2-18-10(17)5-8-7(6-15)3-4-9(16-8)11(12,13)14/h3-4H,2,5H2,1H3. The Labute approximate surface area is 101 Å². The fourth-order valence-corrected chi connectivity index (χ4v) is 1.24. The van der Waals surface area contributed by atoms with Gasteiger partial charge in [-0.2, -0.15) is 18.4 Å². The van der Waals surface area contributed by atoms with Gasteiger partial charge in [0.1, 0.15) is 11.8 Å². The molecule has 0 fully saturated rings. The van der Waals surface area contributed by atoms with E-state index in [1.165, 1.54) is 0 Å². The van der Waals surface area contributed by atoms with Gasteiger partial charge in [-0.3, -0.25) is 4.79 Å². The quantitative estimate of drug-likeness (QED) is 0.778. The second-order valence-corrected chi connectivity index (χ2v) is 3.28. The van der Waals surface area contributed by atoms with Gasteiger partial charge in [0.05, 0.1) is 24.3 Å².